The molecule has 2 atom stereocenters. The van der Waals surface area contributed by atoms with Crippen LogP contribution in [0.2, 0.25) is 0 Å². The molecule has 0 spiro atoms. The van der Waals surface area contributed by atoms with Gasteiger partial charge >= 0.3 is 0 Å². The van der Waals surface area contributed by atoms with Gasteiger partial charge in [0.05, 0.1) is 25.2 Å². The second-order valence-corrected chi connectivity index (χ2v) is 3.91. The van der Waals surface area contributed by atoms with E-state index < -0.39 is 0 Å². The maximum atomic E-state index is 11.7. The molecule has 0 aliphatic carbocycles. The molecule has 1 N–H and O–H groups in total. The highest BCUT2D eigenvalue weighted by Gasteiger charge is 2.27. The van der Waals surface area contributed by atoms with Crippen LogP contribution in [-0.4, -0.2) is 47.8 Å². The van der Waals surface area contributed by atoms with Crippen molar-refractivity contribution < 1.29 is 14.6 Å². The topological polar surface area (TPSA) is 49.8 Å². The molecule has 1 aliphatic rings. The molecule has 0 aromatic carbocycles. The Labute approximate surface area is 91.2 Å². The summed E-state index contributed by atoms with van der Waals surface area (Å²) in [5.74, 6) is 0.156. The number of hydrogen-bond donors (Lipinski definition) is 1. The molecule has 0 aromatic heterocycles. The van der Waals surface area contributed by atoms with Crippen molar-refractivity contribution in [2.24, 2.45) is 0 Å². The molecule has 1 fully saturated rings. The lowest BCUT2D eigenvalue weighted by atomic mass is 10.1. The molecule has 4 heteroatoms. The van der Waals surface area contributed by atoms with Crippen molar-refractivity contribution >= 4 is 5.91 Å². The van der Waals surface area contributed by atoms with E-state index in [9.17, 15) is 4.79 Å². The number of carbonyl (C=O) groups excluding carboxylic acids is 1. The van der Waals surface area contributed by atoms with E-state index in [0.29, 0.717) is 6.42 Å². The van der Waals surface area contributed by atoms with Crippen molar-refractivity contribution in [2.75, 3.05) is 19.7 Å². The van der Waals surface area contributed by atoms with Gasteiger partial charge in [-0.05, 0) is 26.7 Å². The predicted octanol–water partition coefficient (Wildman–Crippen LogP) is 0.785. The minimum Gasteiger partial charge on any atom is -0.394 e. The van der Waals surface area contributed by atoms with Crippen LogP contribution < -0.4 is 0 Å². The highest BCUT2D eigenvalue weighted by molar-refractivity contribution is 5.76. The van der Waals surface area contributed by atoms with Crippen molar-refractivity contribution in [1.29, 1.82) is 0 Å². The van der Waals surface area contributed by atoms with Gasteiger partial charge in [-0.15, -0.1) is 0 Å². The first-order valence-corrected chi connectivity index (χ1v) is 5.75. The van der Waals surface area contributed by atoms with Gasteiger partial charge in [0.15, 0.2) is 0 Å². The van der Waals surface area contributed by atoms with Gasteiger partial charge in [0, 0.05) is 13.1 Å². The molecule has 1 saturated heterocycles. The zero-order valence-corrected chi connectivity index (χ0v) is 9.61. The normalized spacial score (nSPS) is 25.5. The molecule has 4 nitrogen and oxygen atoms in total. The maximum Gasteiger partial charge on any atom is 0.225 e. The van der Waals surface area contributed by atoms with Gasteiger partial charge in [0.2, 0.25) is 5.91 Å². The first-order valence-electron chi connectivity index (χ1n) is 5.75. The first kappa shape index (κ1) is 12.5. The Balaban J connectivity index is 2.32. The number of nitrogens with zero attached hydrogens (tertiary/aromatic N) is 1. The first-order chi connectivity index (χ1) is 7.21. The Morgan fingerprint density at radius 1 is 1.33 bits per heavy atom. The van der Waals surface area contributed by atoms with Crippen LogP contribution in [0, 0.1) is 0 Å². The van der Waals surface area contributed by atoms with Crippen LogP contribution in [0.25, 0.3) is 0 Å². The van der Waals surface area contributed by atoms with E-state index in [4.69, 9.17) is 9.84 Å². The van der Waals surface area contributed by atoms with Crippen molar-refractivity contribution in [2.45, 2.75) is 45.3 Å². The summed E-state index contributed by atoms with van der Waals surface area (Å²) < 4.78 is 5.52. The van der Waals surface area contributed by atoms with E-state index in [2.05, 4.69) is 0 Å². The van der Waals surface area contributed by atoms with Crippen LogP contribution in [0.5, 0.6) is 0 Å². The van der Waals surface area contributed by atoms with E-state index in [1.54, 1.807) is 0 Å². The average Bonchev–Trinajstić information content (AvgIpc) is 2.67. The van der Waals surface area contributed by atoms with Crippen molar-refractivity contribution in [1.82, 2.24) is 4.90 Å². The minimum absolute atomic E-state index is 0.00949. The van der Waals surface area contributed by atoms with Gasteiger partial charge in [-0.2, -0.15) is 0 Å². The van der Waals surface area contributed by atoms with E-state index in [1.165, 1.54) is 0 Å². The summed E-state index contributed by atoms with van der Waals surface area (Å²) in [6.07, 6.45) is 2.16. The highest BCUT2D eigenvalue weighted by atomic mass is 16.5. The minimum atomic E-state index is -0.0560. The Bertz CT molecular complexity index is 204. The number of aliphatic hydroxyl groups excluding tert-OH is 1. The maximum absolute atomic E-state index is 11.7. The van der Waals surface area contributed by atoms with Gasteiger partial charge in [0.25, 0.3) is 0 Å². The largest absolute Gasteiger partial charge is 0.394 e. The van der Waals surface area contributed by atoms with Gasteiger partial charge < -0.3 is 14.7 Å². The lowest BCUT2D eigenvalue weighted by molar-refractivity contribution is -0.133. The summed E-state index contributed by atoms with van der Waals surface area (Å²) in [5.41, 5.74) is 0. The molecule has 1 rings (SSSR count). The second-order valence-electron chi connectivity index (χ2n) is 3.91. The molecule has 0 saturated carbocycles. The fourth-order valence-electron chi connectivity index (χ4n) is 1.96. The third kappa shape index (κ3) is 3.47. The van der Waals surface area contributed by atoms with Crippen LogP contribution in [0.4, 0.5) is 0 Å². The molecule has 0 bridgehead atoms. The van der Waals surface area contributed by atoms with Crippen LogP contribution in [0.15, 0.2) is 0 Å². The van der Waals surface area contributed by atoms with Crippen LogP contribution in [-0.2, 0) is 9.53 Å². The molecule has 1 amide bonds. The zero-order chi connectivity index (χ0) is 11.3. The lowest BCUT2D eigenvalue weighted by Gasteiger charge is -2.20. The Hall–Kier alpha value is -0.610. The summed E-state index contributed by atoms with van der Waals surface area (Å²) in [5, 5.41) is 8.90. The standard InChI is InChI=1S/C11H21NO3/c1-3-12(4-2)11(14)7-9-5-6-10(8-13)15-9/h9-10,13H,3-8H2,1-2H3/t9-,10+/m1/s1. The quantitative estimate of drug-likeness (QED) is 0.737. The van der Waals surface area contributed by atoms with E-state index in [-0.39, 0.29) is 24.7 Å². The summed E-state index contributed by atoms with van der Waals surface area (Å²) in [6.45, 7) is 5.54. The van der Waals surface area contributed by atoms with E-state index >= 15 is 0 Å². The summed E-state index contributed by atoms with van der Waals surface area (Å²) >= 11 is 0. The van der Waals surface area contributed by atoms with Gasteiger partial charge in [-0.1, -0.05) is 0 Å². The average molecular weight is 215 g/mol. The highest BCUT2D eigenvalue weighted by Crippen LogP contribution is 2.22. The number of rotatable bonds is 5. The van der Waals surface area contributed by atoms with E-state index in [0.717, 1.165) is 25.9 Å². The Morgan fingerprint density at radius 2 is 1.93 bits per heavy atom. The molecule has 15 heavy (non-hydrogen) atoms. The fraction of sp³-hybridized carbons (Fsp3) is 0.909. The van der Waals surface area contributed by atoms with Crippen LogP contribution in [0.1, 0.15) is 33.1 Å². The van der Waals surface area contributed by atoms with Gasteiger partial charge in [-0.3, -0.25) is 4.79 Å². The SMILES string of the molecule is CCN(CC)C(=O)C[C@H]1CC[C@@H](CO)O1. The molecule has 0 unspecified atom stereocenters. The molecule has 88 valence electrons. The number of aliphatic hydroxyl groups is 1. The van der Waals surface area contributed by atoms with Crippen LogP contribution >= 0.6 is 0 Å². The molecule has 1 aliphatic heterocycles. The smallest absolute Gasteiger partial charge is 0.225 e. The Morgan fingerprint density at radius 3 is 2.40 bits per heavy atom. The molecular formula is C11H21NO3. The van der Waals surface area contributed by atoms with Crippen molar-refractivity contribution in [3.05, 3.63) is 0 Å². The molecule has 1 heterocycles. The summed E-state index contributed by atoms with van der Waals surface area (Å²) in [7, 11) is 0. The third-order valence-electron chi connectivity index (χ3n) is 2.92. The van der Waals surface area contributed by atoms with Gasteiger partial charge in [0.1, 0.15) is 0 Å². The lowest BCUT2D eigenvalue weighted by Crippen LogP contribution is -2.33. The second kappa shape index (κ2) is 6.08. The number of carbonyl (C=O) groups is 1. The Kier molecular flexibility index (Phi) is 5.05. The monoisotopic (exact) mass is 215 g/mol. The fourth-order valence-corrected chi connectivity index (χ4v) is 1.96. The van der Waals surface area contributed by atoms with Crippen LogP contribution in [0.3, 0.4) is 0 Å². The zero-order valence-electron chi connectivity index (χ0n) is 9.61. The number of hydrogen-bond acceptors (Lipinski definition) is 3. The predicted molar refractivity (Wildman–Crippen MR) is 57.5 cm³/mol. The van der Waals surface area contributed by atoms with Crippen molar-refractivity contribution in [3.63, 3.8) is 0 Å². The third-order valence-corrected chi connectivity index (χ3v) is 2.92. The number of amides is 1. The van der Waals surface area contributed by atoms with E-state index in [1.807, 2.05) is 18.7 Å². The van der Waals surface area contributed by atoms with Gasteiger partial charge in [-0.25, -0.2) is 0 Å². The summed E-state index contributed by atoms with van der Waals surface area (Å²) in [4.78, 5) is 13.6. The molecule has 0 aromatic rings. The molecule has 0 radical (unpaired) electrons. The molecular weight excluding hydrogens is 194 g/mol. The summed E-state index contributed by atoms with van der Waals surface area (Å²) in [6, 6.07) is 0. The number of ether oxygens (including phenoxy) is 1. The van der Waals surface area contributed by atoms with Crippen molar-refractivity contribution in [3.8, 4) is 0 Å².